The summed E-state index contributed by atoms with van der Waals surface area (Å²) in [4.78, 5) is 4.21. The van der Waals surface area contributed by atoms with Gasteiger partial charge in [0, 0.05) is 5.69 Å². The van der Waals surface area contributed by atoms with Gasteiger partial charge in [-0.3, -0.25) is 4.99 Å². The first-order valence-corrected chi connectivity index (χ1v) is 6.39. The molecule has 4 nitrogen and oxygen atoms in total. The lowest BCUT2D eigenvalue weighted by Crippen LogP contribution is -2.23. The van der Waals surface area contributed by atoms with E-state index in [1.165, 1.54) is 5.56 Å². The van der Waals surface area contributed by atoms with Gasteiger partial charge < -0.3 is 15.8 Å². The number of guanidine groups is 1. The zero-order chi connectivity index (χ0) is 13.4. The van der Waals surface area contributed by atoms with E-state index in [2.05, 4.69) is 29.4 Å². The maximum atomic E-state index is 5.80. The molecule has 0 bridgehead atoms. The normalized spacial score (nSPS) is 11.9. The Bertz CT molecular complexity index is 388. The van der Waals surface area contributed by atoms with Crippen LogP contribution in [-0.2, 0) is 11.2 Å². The zero-order valence-electron chi connectivity index (χ0n) is 11.4. The van der Waals surface area contributed by atoms with Crippen LogP contribution in [0.25, 0.3) is 0 Å². The maximum absolute atomic E-state index is 5.80. The van der Waals surface area contributed by atoms with Gasteiger partial charge in [0.25, 0.3) is 0 Å². The molecule has 0 atom stereocenters. The Balaban J connectivity index is 2.42. The average Bonchev–Trinajstić information content (AvgIpc) is 2.34. The van der Waals surface area contributed by atoms with E-state index in [-0.39, 0.29) is 6.10 Å². The van der Waals surface area contributed by atoms with Crippen molar-refractivity contribution in [2.75, 3.05) is 18.5 Å². The van der Waals surface area contributed by atoms with E-state index in [0.29, 0.717) is 19.1 Å². The van der Waals surface area contributed by atoms with Gasteiger partial charge in [-0.25, -0.2) is 0 Å². The summed E-state index contributed by atoms with van der Waals surface area (Å²) in [5, 5.41) is 3.08. The topological polar surface area (TPSA) is 59.6 Å². The summed E-state index contributed by atoms with van der Waals surface area (Å²) in [6, 6.07) is 8.16. The van der Waals surface area contributed by atoms with Gasteiger partial charge in [0.15, 0.2) is 5.96 Å². The van der Waals surface area contributed by atoms with E-state index < -0.39 is 0 Å². The van der Waals surface area contributed by atoms with Gasteiger partial charge in [0.2, 0.25) is 0 Å². The molecule has 0 aromatic heterocycles. The largest absolute Gasteiger partial charge is 0.377 e. The van der Waals surface area contributed by atoms with Gasteiger partial charge in [-0.15, -0.1) is 0 Å². The number of aryl methyl sites for hydroxylation is 1. The van der Waals surface area contributed by atoms with Gasteiger partial charge in [-0.2, -0.15) is 0 Å². The number of aliphatic imine (C=N–C) groups is 1. The minimum atomic E-state index is 0.232. The van der Waals surface area contributed by atoms with Crippen LogP contribution >= 0.6 is 0 Å². The predicted octanol–water partition coefficient (Wildman–Crippen LogP) is 2.40. The number of hydrogen-bond acceptors (Lipinski definition) is 2. The van der Waals surface area contributed by atoms with Gasteiger partial charge in [-0.1, -0.05) is 19.1 Å². The van der Waals surface area contributed by atoms with Gasteiger partial charge in [0.1, 0.15) is 0 Å². The molecule has 0 aliphatic rings. The summed E-state index contributed by atoms with van der Waals surface area (Å²) in [5.74, 6) is 0.426. The second-order valence-corrected chi connectivity index (χ2v) is 4.37. The van der Waals surface area contributed by atoms with E-state index in [9.17, 15) is 0 Å². The Kier molecular flexibility index (Phi) is 6.22. The molecule has 0 unspecified atom stereocenters. The van der Waals surface area contributed by atoms with Crippen LogP contribution in [0.15, 0.2) is 29.3 Å². The van der Waals surface area contributed by atoms with Crippen LogP contribution in [0.1, 0.15) is 26.3 Å². The lowest BCUT2D eigenvalue weighted by molar-refractivity contribution is 0.0853. The second kappa shape index (κ2) is 7.71. The summed E-state index contributed by atoms with van der Waals surface area (Å²) in [5.41, 5.74) is 8.04. The van der Waals surface area contributed by atoms with Crippen LogP contribution in [-0.4, -0.2) is 25.2 Å². The van der Waals surface area contributed by atoms with E-state index >= 15 is 0 Å². The second-order valence-electron chi connectivity index (χ2n) is 4.37. The number of benzene rings is 1. The molecule has 0 aliphatic heterocycles. The van der Waals surface area contributed by atoms with E-state index in [1.54, 1.807) is 0 Å². The smallest absolute Gasteiger partial charge is 0.193 e. The molecule has 0 amide bonds. The molecule has 1 aromatic carbocycles. The molecule has 0 saturated carbocycles. The third-order valence-electron chi connectivity index (χ3n) is 2.43. The van der Waals surface area contributed by atoms with Crippen LogP contribution in [0.3, 0.4) is 0 Å². The fraction of sp³-hybridized carbons (Fsp3) is 0.500. The minimum Gasteiger partial charge on any atom is -0.377 e. The number of nitrogens with one attached hydrogen (secondary N) is 1. The van der Waals surface area contributed by atoms with Crippen LogP contribution < -0.4 is 11.1 Å². The first kappa shape index (κ1) is 14.5. The summed E-state index contributed by atoms with van der Waals surface area (Å²) in [6.45, 7) is 7.29. The number of nitrogens with zero attached hydrogens (tertiary/aromatic N) is 1. The number of anilines is 1. The molecule has 0 aliphatic carbocycles. The molecule has 0 radical (unpaired) electrons. The standard InChI is InChI=1S/C14H23N3O/c1-4-12-6-5-7-13(10-12)17-14(15)16-8-9-18-11(2)3/h5-7,10-11H,4,8-9H2,1-3H3,(H3,15,16,17). The van der Waals surface area contributed by atoms with Crippen LogP contribution in [0.4, 0.5) is 5.69 Å². The van der Waals surface area contributed by atoms with Crippen molar-refractivity contribution in [3.05, 3.63) is 29.8 Å². The fourth-order valence-corrected chi connectivity index (χ4v) is 1.51. The SMILES string of the molecule is CCc1cccc(NC(N)=NCCOC(C)C)c1. The van der Waals surface area contributed by atoms with Gasteiger partial charge >= 0.3 is 0 Å². The highest BCUT2D eigenvalue weighted by Crippen LogP contribution is 2.10. The summed E-state index contributed by atoms with van der Waals surface area (Å²) >= 11 is 0. The van der Waals surface area contributed by atoms with E-state index in [4.69, 9.17) is 10.5 Å². The number of hydrogen-bond donors (Lipinski definition) is 2. The summed E-state index contributed by atoms with van der Waals surface area (Å²) < 4.78 is 5.39. The van der Waals surface area contributed by atoms with Crippen molar-refractivity contribution in [1.82, 2.24) is 0 Å². The van der Waals surface area contributed by atoms with Gasteiger partial charge in [-0.05, 0) is 38.0 Å². The van der Waals surface area contributed by atoms with E-state index in [0.717, 1.165) is 12.1 Å². The maximum Gasteiger partial charge on any atom is 0.193 e. The lowest BCUT2D eigenvalue weighted by atomic mass is 10.1. The zero-order valence-corrected chi connectivity index (χ0v) is 11.4. The van der Waals surface area contributed by atoms with Crippen molar-refractivity contribution >= 4 is 11.6 Å². The number of rotatable bonds is 6. The van der Waals surface area contributed by atoms with Crippen LogP contribution in [0.2, 0.25) is 0 Å². The molecule has 1 aromatic rings. The Morgan fingerprint density at radius 2 is 2.22 bits per heavy atom. The Hall–Kier alpha value is -1.55. The van der Waals surface area contributed by atoms with Crippen molar-refractivity contribution in [2.24, 2.45) is 10.7 Å². The third-order valence-corrected chi connectivity index (χ3v) is 2.43. The van der Waals surface area contributed by atoms with Crippen LogP contribution in [0.5, 0.6) is 0 Å². The molecule has 0 saturated heterocycles. The average molecular weight is 249 g/mol. The van der Waals surface area contributed by atoms with Crippen molar-refractivity contribution in [3.63, 3.8) is 0 Å². The number of nitrogens with two attached hydrogens (primary N) is 1. The highest BCUT2D eigenvalue weighted by atomic mass is 16.5. The summed E-state index contributed by atoms with van der Waals surface area (Å²) in [6.07, 6.45) is 1.24. The highest BCUT2D eigenvalue weighted by Gasteiger charge is 1.97. The molecule has 1 rings (SSSR count). The predicted molar refractivity (Wildman–Crippen MR) is 77.0 cm³/mol. The van der Waals surface area contributed by atoms with Crippen molar-refractivity contribution in [3.8, 4) is 0 Å². The van der Waals surface area contributed by atoms with Gasteiger partial charge in [0.05, 0.1) is 19.3 Å². The minimum absolute atomic E-state index is 0.232. The van der Waals surface area contributed by atoms with Crippen molar-refractivity contribution in [2.45, 2.75) is 33.3 Å². The Morgan fingerprint density at radius 3 is 2.89 bits per heavy atom. The molecular formula is C14H23N3O. The molecule has 3 N–H and O–H groups in total. The molecule has 4 heteroatoms. The first-order chi connectivity index (χ1) is 8.61. The Morgan fingerprint density at radius 1 is 1.44 bits per heavy atom. The molecule has 0 spiro atoms. The summed E-state index contributed by atoms with van der Waals surface area (Å²) in [7, 11) is 0. The van der Waals surface area contributed by atoms with Crippen molar-refractivity contribution in [1.29, 1.82) is 0 Å². The quantitative estimate of drug-likeness (QED) is 0.462. The van der Waals surface area contributed by atoms with Crippen LogP contribution in [0, 0.1) is 0 Å². The molecule has 18 heavy (non-hydrogen) atoms. The molecule has 0 heterocycles. The highest BCUT2D eigenvalue weighted by molar-refractivity contribution is 5.92. The lowest BCUT2D eigenvalue weighted by Gasteiger charge is -2.08. The fourth-order valence-electron chi connectivity index (χ4n) is 1.51. The molecular weight excluding hydrogens is 226 g/mol. The van der Waals surface area contributed by atoms with E-state index in [1.807, 2.05) is 26.0 Å². The first-order valence-electron chi connectivity index (χ1n) is 6.39. The molecule has 100 valence electrons. The monoisotopic (exact) mass is 249 g/mol. The third kappa shape index (κ3) is 5.68. The Labute approximate surface area is 109 Å². The van der Waals surface area contributed by atoms with Crippen molar-refractivity contribution < 1.29 is 4.74 Å². The number of ether oxygens (including phenoxy) is 1. The molecule has 0 fully saturated rings.